The van der Waals surface area contributed by atoms with Gasteiger partial charge in [-0.05, 0) is 37.3 Å². The number of para-hydroxylation sites is 2. The number of hydrogen-bond donors (Lipinski definition) is 1. The van der Waals surface area contributed by atoms with Crippen LogP contribution in [0.4, 0.5) is 0 Å². The summed E-state index contributed by atoms with van der Waals surface area (Å²) in [7, 11) is 0. The SMILES string of the molecule is O=CN(O)CC(CC1CCCC1)C(=O)N1CCCC1c1nc2ccccc2o1. The number of carbonyl (C=O) groups excluding carboxylic acids is 2. The molecule has 7 nitrogen and oxygen atoms in total. The Bertz CT molecular complexity index is 797. The highest BCUT2D eigenvalue weighted by atomic mass is 16.5. The zero-order valence-electron chi connectivity index (χ0n) is 16.0. The van der Waals surface area contributed by atoms with Crippen LogP contribution >= 0.6 is 0 Å². The van der Waals surface area contributed by atoms with Crippen LogP contribution in [-0.2, 0) is 9.59 Å². The van der Waals surface area contributed by atoms with E-state index in [1.807, 2.05) is 29.2 Å². The van der Waals surface area contributed by atoms with Crippen LogP contribution < -0.4 is 0 Å². The number of benzene rings is 1. The number of carbonyl (C=O) groups is 2. The fourth-order valence-electron chi connectivity index (χ4n) is 4.73. The Morgan fingerprint density at radius 3 is 2.82 bits per heavy atom. The standard InChI is InChI=1S/C21H27N3O4/c25-14-23(27)13-16(12-15-6-1-2-7-15)21(26)24-11-5-9-18(24)20-22-17-8-3-4-10-19(17)28-20/h3-4,8,10,14-16,18,27H,1-2,5-7,9,11-13H2. The summed E-state index contributed by atoms with van der Waals surface area (Å²) < 4.78 is 5.93. The van der Waals surface area contributed by atoms with Gasteiger partial charge < -0.3 is 9.32 Å². The molecule has 2 aromatic rings. The summed E-state index contributed by atoms with van der Waals surface area (Å²) in [6.45, 7) is 0.686. The zero-order valence-corrected chi connectivity index (χ0v) is 16.0. The van der Waals surface area contributed by atoms with E-state index in [1.54, 1.807) is 0 Å². The first-order valence-corrected chi connectivity index (χ1v) is 10.2. The molecule has 2 heterocycles. The van der Waals surface area contributed by atoms with Crippen LogP contribution in [0.5, 0.6) is 0 Å². The predicted octanol–water partition coefficient (Wildman–Crippen LogP) is 3.54. The van der Waals surface area contributed by atoms with Gasteiger partial charge in [0.1, 0.15) is 11.6 Å². The maximum atomic E-state index is 13.4. The number of amides is 2. The molecule has 1 aliphatic heterocycles. The Labute approximate surface area is 164 Å². The fourth-order valence-corrected chi connectivity index (χ4v) is 4.73. The van der Waals surface area contributed by atoms with E-state index in [2.05, 4.69) is 4.98 Å². The number of nitrogens with zero attached hydrogens (tertiary/aromatic N) is 3. The topological polar surface area (TPSA) is 86.9 Å². The summed E-state index contributed by atoms with van der Waals surface area (Å²) in [5.41, 5.74) is 1.52. The van der Waals surface area contributed by atoms with Gasteiger partial charge >= 0.3 is 0 Å². The smallest absolute Gasteiger partial charge is 0.233 e. The van der Waals surface area contributed by atoms with Gasteiger partial charge in [-0.2, -0.15) is 0 Å². The lowest BCUT2D eigenvalue weighted by Crippen LogP contribution is -2.41. The predicted molar refractivity (Wildman–Crippen MR) is 102 cm³/mol. The number of fused-ring (bicyclic) bond motifs is 1. The summed E-state index contributed by atoms with van der Waals surface area (Å²) in [4.78, 5) is 30.7. The average molecular weight is 385 g/mol. The van der Waals surface area contributed by atoms with Crippen LogP contribution in [0.2, 0.25) is 0 Å². The minimum absolute atomic E-state index is 0.0162. The quantitative estimate of drug-likeness (QED) is 0.447. The lowest BCUT2D eigenvalue weighted by molar-refractivity contribution is -0.157. The van der Waals surface area contributed by atoms with Crippen molar-refractivity contribution in [3.05, 3.63) is 30.2 Å². The van der Waals surface area contributed by atoms with Gasteiger partial charge in [0.25, 0.3) is 0 Å². The van der Waals surface area contributed by atoms with Crippen molar-refractivity contribution in [2.24, 2.45) is 11.8 Å². The van der Waals surface area contributed by atoms with E-state index < -0.39 is 5.92 Å². The first kappa shape index (κ1) is 18.9. The molecular weight excluding hydrogens is 358 g/mol. The van der Waals surface area contributed by atoms with Crippen molar-refractivity contribution in [3.8, 4) is 0 Å². The molecule has 2 unspecified atom stereocenters. The van der Waals surface area contributed by atoms with Gasteiger partial charge in [-0.3, -0.25) is 14.8 Å². The Morgan fingerprint density at radius 1 is 1.29 bits per heavy atom. The Kier molecular flexibility index (Phi) is 5.62. The van der Waals surface area contributed by atoms with Gasteiger partial charge in [0.15, 0.2) is 5.58 Å². The largest absolute Gasteiger partial charge is 0.438 e. The molecule has 28 heavy (non-hydrogen) atoms. The molecule has 2 aliphatic rings. The first-order chi connectivity index (χ1) is 13.7. The third kappa shape index (κ3) is 3.90. The molecule has 1 aromatic heterocycles. The Balaban J connectivity index is 1.54. The summed E-state index contributed by atoms with van der Waals surface area (Å²) in [5, 5.41) is 10.3. The summed E-state index contributed by atoms with van der Waals surface area (Å²) in [5.74, 6) is 0.642. The average Bonchev–Trinajstić information content (AvgIpc) is 3.45. The summed E-state index contributed by atoms with van der Waals surface area (Å²) in [6.07, 6.45) is 7.40. The number of oxazole rings is 1. The minimum atomic E-state index is -0.400. The van der Waals surface area contributed by atoms with Crippen molar-refractivity contribution in [3.63, 3.8) is 0 Å². The molecule has 2 atom stereocenters. The molecule has 0 bridgehead atoms. The molecule has 1 N–H and O–H groups in total. The van der Waals surface area contributed by atoms with Crippen LogP contribution in [0, 0.1) is 11.8 Å². The first-order valence-electron chi connectivity index (χ1n) is 10.2. The van der Waals surface area contributed by atoms with Gasteiger partial charge in [-0.1, -0.05) is 37.8 Å². The molecule has 4 rings (SSSR count). The molecule has 2 amide bonds. The lowest BCUT2D eigenvalue weighted by atomic mass is 9.91. The van der Waals surface area contributed by atoms with Crippen molar-refractivity contribution >= 4 is 23.4 Å². The van der Waals surface area contributed by atoms with Crippen LogP contribution in [0.3, 0.4) is 0 Å². The number of rotatable bonds is 7. The van der Waals surface area contributed by atoms with E-state index in [-0.39, 0.29) is 18.5 Å². The van der Waals surface area contributed by atoms with Gasteiger partial charge in [-0.15, -0.1) is 0 Å². The van der Waals surface area contributed by atoms with Crippen molar-refractivity contribution in [2.75, 3.05) is 13.1 Å². The highest BCUT2D eigenvalue weighted by Crippen LogP contribution is 2.36. The van der Waals surface area contributed by atoms with Crippen molar-refractivity contribution in [1.82, 2.24) is 14.9 Å². The van der Waals surface area contributed by atoms with Crippen LogP contribution in [0.25, 0.3) is 11.1 Å². The lowest BCUT2D eigenvalue weighted by Gasteiger charge is -2.29. The van der Waals surface area contributed by atoms with Crippen molar-refractivity contribution < 1.29 is 19.2 Å². The second-order valence-electron chi connectivity index (χ2n) is 8.02. The highest BCUT2D eigenvalue weighted by molar-refractivity contribution is 5.80. The van der Waals surface area contributed by atoms with Crippen LogP contribution in [-0.4, -0.2) is 45.6 Å². The van der Waals surface area contributed by atoms with E-state index in [4.69, 9.17) is 4.42 Å². The fraction of sp³-hybridized carbons (Fsp3) is 0.571. The Morgan fingerprint density at radius 2 is 2.07 bits per heavy atom. The number of hydroxylamine groups is 2. The molecule has 2 fully saturated rings. The molecule has 1 saturated carbocycles. The van der Waals surface area contributed by atoms with E-state index in [1.165, 1.54) is 12.8 Å². The zero-order chi connectivity index (χ0) is 19.5. The number of aromatic nitrogens is 1. The normalized spacial score (nSPS) is 21.3. The van der Waals surface area contributed by atoms with Gasteiger partial charge in [0, 0.05) is 6.54 Å². The molecule has 0 radical (unpaired) electrons. The van der Waals surface area contributed by atoms with Crippen LogP contribution in [0.15, 0.2) is 28.7 Å². The third-order valence-electron chi connectivity index (χ3n) is 6.10. The maximum Gasteiger partial charge on any atom is 0.233 e. The second kappa shape index (κ2) is 8.31. The number of likely N-dealkylation sites (tertiary alicyclic amines) is 1. The molecule has 1 saturated heterocycles. The monoisotopic (exact) mass is 385 g/mol. The second-order valence-corrected chi connectivity index (χ2v) is 8.02. The van der Waals surface area contributed by atoms with Gasteiger partial charge in [0.2, 0.25) is 18.2 Å². The molecule has 1 aliphatic carbocycles. The summed E-state index contributed by atoms with van der Waals surface area (Å²) >= 11 is 0. The van der Waals surface area contributed by atoms with Crippen molar-refractivity contribution in [2.45, 2.75) is 51.0 Å². The number of hydrogen-bond acceptors (Lipinski definition) is 5. The van der Waals surface area contributed by atoms with E-state index in [9.17, 15) is 14.8 Å². The maximum absolute atomic E-state index is 13.4. The third-order valence-corrected chi connectivity index (χ3v) is 6.10. The van der Waals surface area contributed by atoms with Crippen LogP contribution in [0.1, 0.15) is 56.9 Å². The van der Waals surface area contributed by atoms with Gasteiger partial charge in [-0.25, -0.2) is 10.0 Å². The molecule has 1 aromatic carbocycles. The van der Waals surface area contributed by atoms with E-state index >= 15 is 0 Å². The minimum Gasteiger partial charge on any atom is -0.438 e. The van der Waals surface area contributed by atoms with E-state index in [0.29, 0.717) is 36.2 Å². The highest BCUT2D eigenvalue weighted by Gasteiger charge is 2.38. The Hall–Kier alpha value is -2.41. The molecule has 0 spiro atoms. The van der Waals surface area contributed by atoms with E-state index in [0.717, 1.165) is 36.8 Å². The van der Waals surface area contributed by atoms with Gasteiger partial charge in [0.05, 0.1) is 12.5 Å². The molecular formula is C21H27N3O4. The molecule has 150 valence electrons. The molecule has 7 heteroatoms. The summed E-state index contributed by atoms with van der Waals surface area (Å²) in [6, 6.07) is 7.42. The van der Waals surface area contributed by atoms with Crippen molar-refractivity contribution in [1.29, 1.82) is 0 Å².